The van der Waals surface area contributed by atoms with E-state index in [2.05, 4.69) is 34.5 Å². The van der Waals surface area contributed by atoms with Crippen LogP contribution in [0.15, 0.2) is 53.2 Å². The molecule has 3 rings (SSSR count). The average Bonchev–Trinajstić information content (AvgIpc) is 2.99. The van der Waals surface area contributed by atoms with Gasteiger partial charge in [-0.05, 0) is 71.0 Å². The van der Waals surface area contributed by atoms with Crippen LogP contribution in [0.5, 0.6) is 5.75 Å². The van der Waals surface area contributed by atoms with Crippen LogP contribution < -0.4 is 4.74 Å². The van der Waals surface area contributed by atoms with E-state index < -0.39 is 5.97 Å². The summed E-state index contributed by atoms with van der Waals surface area (Å²) in [6.07, 6.45) is 3.81. The molecular weight excluding hydrogens is 465 g/mol. The zero-order valence-electron chi connectivity index (χ0n) is 14.2. The number of halogens is 2. The quantitative estimate of drug-likeness (QED) is 0.238. The van der Waals surface area contributed by atoms with E-state index in [0.717, 1.165) is 27.7 Å². The molecule has 0 radical (unpaired) electrons. The molecule has 134 valence electrons. The molecule has 0 atom stereocenters. The van der Waals surface area contributed by atoms with Gasteiger partial charge in [0.15, 0.2) is 5.70 Å². The van der Waals surface area contributed by atoms with E-state index in [9.17, 15) is 4.79 Å². The second kappa shape index (κ2) is 8.68. The zero-order chi connectivity index (χ0) is 18.5. The Morgan fingerprint density at radius 3 is 2.73 bits per heavy atom. The van der Waals surface area contributed by atoms with Gasteiger partial charge in [-0.15, -0.1) is 0 Å². The SMILES string of the molecule is CCCCOc1ccc(/C=C2/N=C(c3cc(I)ccc3Cl)OC2=O)cc1. The highest BCUT2D eigenvalue weighted by atomic mass is 127. The number of rotatable bonds is 6. The van der Waals surface area contributed by atoms with Crippen LogP contribution in [0, 0.1) is 3.57 Å². The van der Waals surface area contributed by atoms with Crippen LogP contribution in [0.3, 0.4) is 0 Å². The minimum Gasteiger partial charge on any atom is -0.494 e. The molecule has 6 heteroatoms. The molecule has 0 saturated carbocycles. The largest absolute Gasteiger partial charge is 0.494 e. The van der Waals surface area contributed by atoms with Crippen molar-refractivity contribution in [2.45, 2.75) is 19.8 Å². The van der Waals surface area contributed by atoms with E-state index in [0.29, 0.717) is 17.2 Å². The molecule has 0 unspecified atom stereocenters. The Morgan fingerprint density at radius 2 is 2.00 bits per heavy atom. The molecule has 1 aliphatic rings. The lowest BCUT2D eigenvalue weighted by Crippen LogP contribution is -2.06. The van der Waals surface area contributed by atoms with Gasteiger partial charge in [0, 0.05) is 3.57 Å². The number of carbonyl (C=O) groups is 1. The number of aliphatic imine (C=N–C) groups is 1. The van der Waals surface area contributed by atoms with Crippen LogP contribution in [0.4, 0.5) is 0 Å². The van der Waals surface area contributed by atoms with E-state index in [1.807, 2.05) is 36.4 Å². The average molecular weight is 482 g/mol. The lowest BCUT2D eigenvalue weighted by Gasteiger charge is -2.05. The van der Waals surface area contributed by atoms with Gasteiger partial charge in [-0.1, -0.05) is 37.1 Å². The van der Waals surface area contributed by atoms with Gasteiger partial charge in [-0.25, -0.2) is 9.79 Å². The predicted molar refractivity (Wildman–Crippen MR) is 112 cm³/mol. The number of benzene rings is 2. The molecule has 0 fully saturated rings. The Balaban J connectivity index is 1.79. The van der Waals surface area contributed by atoms with Crippen molar-refractivity contribution in [1.82, 2.24) is 0 Å². The van der Waals surface area contributed by atoms with Crippen LogP contribution in [0.25, 0.3) is 6.08 Å². The van der Waals surface area contributed by atoms with Gasteiger partial charge in [0.25, 0.3) is 0 Å². The minimum absolute atomic E-state index is 0.226. The molecule has 0 aromatic heterocycles. The molecule has 2 aromatic carbocycles. The maximum absolute atomic E-state index is 12.1. The lowest BCUT2D eigenvalue weighted by atomic mass is 10.2. The van der Waals surface area contributed by atoms with Gasteiger partial charge >= 0.3 is 5.97 Å². The second-order valence-corrected chi connectivity index (χ2v) is 7.38. The van der Waals surface area contributed by atoms with E-state index in [-0.39, 0.29) is 11.6 Å². The first-order chi connectivity index (χ1) is 12.6. The number of esters is 1. The summed E-state index contributed by atoms with van der Waals surface area (Å²) in [7, 11) is 0. The summed E-state index contributed by atoms with van der Waals surface area (Å²) in [4.78, 5) is 16.4. The molecule has 0 saturated heterocycles. The third-order valence-electron chi connectivity index (χ3n) is 3.73. The molecule has 26 heavy (non-hydrogen) atoms. The van der Waals surface area contributed by atoms with Crippen molar-refractivity contribution in [1.29, 1.82) is 0 Å². The topological polar surface area (TPSA) is 47.9 Å². The first-order valence-electron chi connectivity index (χ1n) is 8.27. The van der Waals surface area contributed by atoms with Gasteiger partial charge in [-0.3, -0.25) is 0 Å². The Morgan fingerprint density at radius 1 is 1.23 bits per heavy atom. The van der Waals surface area contributed by atoms with E-state index >= 15 is 0 Å². The highest BCUT2D eigenvalue weighted by molar-refractivity contribution is 14.1. The maximum atomic E-state index is 12.1. The highest BCUT2D eigenvalue weighted by Gasteiger charge is 2.25. The molecule has 4 nitrogen and oxygen atoms in total. The van der Waals surface area contributed by atoms with Crippen molar-refractivity contribution in [3.05, 3.63) is 67.9 Å². The van der Waals surface area contributed by atoms with Gasteiger partial charge in [0.05, 0.1) is 17.2 Å². The zero-order valence-corrected chi connectivity index (χ0v) is 17.1. The molecule has 0 amide bonds. The van der Waals surface area contributed by atoms with Crippen molar-refractivity contribution < 1.29 is 14.3 Å². The van der Waals surface area contributed by atoms with Crippen LogP contribution in [-0.2, 0) is 9.53 Å². The number of carbonyl (C=O) groups excluding carboxylic acids is 1. The number of hydrogen-bond acceptors (Lipinski definition) is 4. The van der Waals surface area contributed by atoms with E-state index in [1.54, 1.807) is 12.1 Å². The summed E-state index contributed by atoms with van der Waals surface area (Å²) < 4.78 is 11.9. The summed E-state index contributed by atoms with van der Waals surface area (Å²) in [5.74, 6) is 0.548. The van der Waals surface area contributed by atoms with Gasteiger partial charge in [0.2, 0.25) is 5.90 Å². The Labute approximate surface area is 171 Å². The monoisotopic (exact) mass is 481 g/mol. The first kappa shape index (κ1) is 18.9. The summed E-state index contributed by atoms with van der Waals surface area (Å²) in [5, 5.41) is 0.492. The highest BCUT2D eigenvalue weighted by Crippen LogP contribution is 2.25. The molecule has 1 heterocycles. The fraction of sp³-hybridized carbons (Fsp3) is 0.200. The van der Waals surface area contributed by atoms with Crippen LogP contribution in [0.1, 0.15) is 30.9 Å². The molecule has 2 aromatic rings. The summed E-state index contributed by atoms with van der Waals surface area (Å²) in [6.45, 7) is 2.82. The summed E-state index contributed by atoms with van der Waals surface area (Å²) in [5.41, 5.74) is 1.70. The van der Waals surface area contributed by atoms with Gasteiger partial charge in [0.1, 0.15) is 5.75 Å². The first-order valence-corrected chi connectivity index (χ1v) is 9.73. The van der Waals surface area contributed by atoms with Crippen molar-refractivity contribution in [3.63, 3.8) is 0 Å². The molecule has 0 spiro atoms. The molecule has 0 N–H and O–H groups in total. The van der Waals surface area contributed by atoms with Crippen molar-refractivity contribution in [2.75, 3.05) is 6.61 Å². The molecule has 0 bridgehead atoms. The summed E-state index contributed by atoms with van der Waals surface area (Å²) in [6, 6.07) is 13.0. The fourth-order valence-corrected chi connectivity index (χ4v) is 3.03. The maximum Gasteiger partial charge on any atom is 0.363 e. The normalized spacial score (nSPS) is 15.1. The van der Waals surface area contributed by atoms with Crippen LogP contribution in [0.2, 0.25) is 5.02 Å². The number of nitrogens with zero attached hydrogens (tertiary/aromatic N) is 1. The van der Waals surface area contributed by atoms with E-state index in [4.69, 9.17) is 21.1 Å². The third-order valence-corrected chi connectivity index (χ3v) is 4.73. The van der Waals surface area contributed by atoms with Crippen LogP contribution >= 0.6 is 34.2 Å². The molecule has 1 aliphatic heterocycles. The van der Waals surface area contributed by atoms with Crippen molar-refractivity contribution >= 4 is 52.1 Å². The molecule has 0 aliphatic carbocycles. The standard InChI is InChI=1S/C20H17ClINO3/c1-2-3-10-25-15-7-4-13(5-8-15)11-18-20(24)26-19(23-18)16-12-14(22)6-9-17(16)21/h4-9,11-12H,2-3,10H2,1H3/b18-11+. The minimum atomic E-state index is -0.488. The smallest absolute Gasteiger partial charge is 0.363 e. The number of cyclic esters (lactones) is 1. The molecular formula is C20H17ClINO3. The van der Waals surface area contributed by atoms with Gasteiger partial charge < -0.3 is 9.47 Å². The third kappa shape index (κ3) is 4.65. The predicted octanol–water partition coefficient (Wildman–Crippen LogP) is 5.47. The number of unbranched alkanes of at least 4 members (excludes halogenated alkanes) is 1. The number of ether oxygens (including phenoxy) is 2. The van der Waals surface area contributed by atoms with Crippen molar-refractivity contribution in [2.24, 2.45) is 4.99 Å². The second-order valence-electron chi connectivity index (χ2n) is 5.73. The summed E-state index contributed by atoms with van der Waals surface area (Å²) >= 11 is 8.36. The number of hydrogen-bond donors (Lipinski definition) is 0. The van der Waals surface area contributed by atoms with Crippen LogP contribution in [-0.4, -0.2) is 18.5 Å². The van der Waals surface area contributed by atoms with Gasteiger partial charge in [-0.2, -0.15) is 0 Å². The van der Waals surface area contributed by atoms with Crippen molar-refractivity contribution in [3.8, 4) is 5.75 Å². The Kier molecular flexibility index (Phi) is 6.32. The van der Waals surface area contributed by atoms with E-state index in [1.165, 1.54) is 0 Å². The Hall–Kier alpha value is -1.86. The lowest BCUT2D eigenvalue weighted by molar-refractivity contribution is -0.129. The fourth-order valence-electron chi connectivity index (χ4n) is 2.34. The Bertz CT molecular complexity index is 875.